The van der Waals surface area contributed by atoms with E-state index < -0.39 is 18.1 Å². The molecule has 0 bridgehead atoms. The number of carboxylic acid groups (broad SMARTS) is 1. The Kier molecular flexibility index (Phi) is 21.6. The van der Waals surface area contributed by atoms with Crippen LogP contribution in [0.3, 0.4) is 0 Å². The van der Waals surface area contributed by atoms with Crippen molar-refractivity contribution in [3.05, 3.63) is 0 Å². The Hall–Kier alpha value is 1.29. The van der Waals surface area contributed by atoms with Gasteiger partial charge in [0.25, 0.3) is 0 Å². The van der Waals surface area contributed by atoms with Crippen LogP contribution >= 0.6 is 0 Å². The van der Waals surface area contributed by atoms with Crippen molar-refractivity contribution in [1.29, 1.82) is 0 Å². The van der Waals surface area contributed by atoms with Gasteiger partial charge >= 0.3 is 28.3 Å². The molecule has 16 heavy (non-hydrogen) atoms. The Morgan fingerprint density at radius 2 is 1.56 bits per heavy atom. The number of carboxylic acids is 1. The van der Waals surface area contributed by atoms with Crippen LogP contribution in [0.2, 0.25) is 0 Å². The topological polar surface area (TPSA) is 57.5 Å². The molecule has 2 N–H and O–H groups in total. The van der Waals surface area contributed by atoms with Gasteiger partial charge in [-0.3, -0.25) is 0 Å². The summed E-state index contributed by atoms with van der Waals surface area (Å²) in [5.41, 5.74) is 0. The van der Waals surface area contributed by atoms with Gasteiger partial charge in [0, 0.05) is 6.42 Å². The second kappa shape index (κ2) is 11.4. The summed E-state index contributed by atoms with van der Waals surface area (Å²) in [4.78, 5) is 10.6. The molecule has 1 rings (SSSR count). The quantitative estimate of drug-likeness (QED) is 0.279. The summed E-state index contributed by atoms with van der Waals surface area (Å²) in [5.74, 6) is -0.813. The summed E-state index contributed by atoms with van der Waals surface area (Å²) < 4.78 is 0.385. The molecule has 4 nitrogen and oxygen atoms in total. The maximum atomic E-state index is 10.6. The number of hydrogen-bond acceptors (Lipinski definition) is 2. The number of likely N-dealkylation sites (N-methyl/N-ethyl adjacent to an activating group) is 1. The molecule has 0 aromatic rings. The standard InChI is InChI=1S/C7H13NO3.Au.4ClH/c1-8(2)4-5(9)3-6(8)7(10)11;;;;;/h5-6,9H,3-4H2,1-2H3;;4*1H/q;+3;;;;/p-3/t5-,6+;;;;;/m1...../s1. The zero-order valence-electron chi connectivity index (χ0n) is 8.63. The van der Waals surface area contributed by atoms with Crippen LogP contribution in [0.25, 0.3) is 0 Å². The third-order valence-electron chi connectivity index (χ3n) is 2.31. The van der Waals surface area contributed by atoms with Crippen LogP contribution in [0.5, 0.6) is 0 Å². The van der Waals surface area contributed by atoms with E-state index >= 15 is 0 Å². The number of aliphatic hydroxyl groups excluding tert-OH is 1. The first-order chi connectivity index (χ1) is 4.93. The van der Waals surface area contributed by atoms with Gasteiger partial charge in [-0.2, -0.15) is 0 Å². The van der Waals surface area contributed by atoms with Crippen LogP contribution in [0, 0.1) is 0 Å². The normalized spacial score (nSPS) is 24.4. The Morgan fingerprint density at radius 3 is 1.69 bits per heavy atom. The molecule has 0 unspecified atom stereocenters. The van der Waals surface area contributed by atoms with Crippen molar-refractivity contribution in [3.8, 4) is 0 Å². The van der Waals surface area contributed by atoms with Crippen LogP contribution in [-0.2, 0) is 27.2 Å². The molecular weight excluding hydrogens is 485 g/mol. The Balaban J connectivity index is -0.0000000807. The summed E-state index contributed by atoms with van der Waals surface area (Å²) in [5, 5.41) is 17.9. The van der Waals surface area contributed by atoms with Gasteiger partial charge in [-0.1, -0.05) is 0 Å². The number of rotatable bonds is 1. The second-order valence-electron chi connectivity index (χ2n) is 3.70. The maximum Gasteiger partial charge on any atom is 3.00 e. The third kappa shape index (κ3) is 7.58. The fourth-order valence-corrected chi connectivity index (χ4v) is 1.69. The van der Waals surface area contributed by atoms with Crippen LogP contribution in [0.1, 0.15) is 6.42 Å². The molecule has 1 heterocycles. The zero-order valence-corrected chi connectivity index (χ0v) is 13.8. The van der Waals surface area contributed by atoms with Crippen LogP contribution in [-0.4, -0.2) is 53.5 Å². The molecule has 9 heteroatoms. The Labute approximate surface area is 136 Å². The summed E-state index contributed by atoms with van der Waals surface area (Å²) in [7, 11) is 3.66. The summed E-state index contributed by atoms with van der Waals surface area (Å²) in [6, 6.07) is -0.440. The van der Waals surface area contributed by atoms with Crippen LogP contribution in [0.15, 0.2) is 0 Å². The minimum atomic E-state index is -0.813. The van der Waals surface area contributed by atoms with Gasteiger partial charge in [-0.25, -0.2) is 4.79 Å². The van der Waals surface area contributed by atoms with Gasteiger partial charge in [0.15, 0.2) is 6.04 Å². The van der Waals surface area contributed by atoms with Crippen molar-refractivity contribution in [2.24, 2.45) is 0 Å². The average molecular weight is 499 g/mol. The van der Waals surface area contributed by atoms with Crippen LogP contribution < -0.4 is 49.6 Å². The van der Waals surface area contributed by atoms with E-state index in [1.807, 2.05) is 14.1 Å². The van der Waals surface area contributed by atoms with Gasteiger partial charge in [0.1, 0.15) is 12.6 Å². The first-order valence-electron chi connectivity index (χ1n) is 3.67. The summed E-state index contributed by atoms with van der Waals surface area (Å²) in [6.45, 7) is 0.539. The van der Waals surface area contributed by atoms with E-state index in [0.29, 0.717) is 17.4 Å². The van der Waals surface area contributed by atoms with E-state index in [1.54, 1.807) is 0 Å². The molecule has 0 spiro atoms. The number of carbonyl (C=O) groups is 1. The van der Waals surface area contributed by atoms with Gasteiger partial charge in [0.05, 0.1) is 14.1 Å². The van der Waals surface area contributed by atoms with E-state index in [9.17, 15) is 9.90 Å². The van der Waals surface area contributed by atoms with E-state index in [1.165, 1.54) is 0 Å². The number of halogens is 4. The molecule has 0 radical (unpaired) electrons. The predicted octanol–water partition coefficient (Wildman–Crippen LogP) is -12.7. The Morgan fingerprint density at radius 1 is 1.19 bits per heavy atom. The number of aliphatic carboxylic acids is 1. The molecular formula is C7H14AuCl4NO3. The largest absolute Gasteiger partial charge is 3.00 e. The fraction of sp³-hybridized carbons (Fsp3) is 0.857. The van der Waals surface area contributed by atoms with Gasteiger partial charge in [-0.05, 0) is 0 Å². The zero-order chi connectivity index (χ0) is 8.65. The Bertz CT molecular complexity index is 196. The molecule has 1 saturated heterocycles. The molecule has 2 atom stereocenters. The molecule has 104 valence electrons. The molecule has 1 aliphatic rings. The molecule has 1 aliphatic heterocycles. The van der Waals surface area contributed by atoms with Crippen molar-refractivity contribution >= 4 is 5.97 Å². The number of likely N-dealkylation sites (tertiary alicyclic amines) is 1. The van der Waals surface area contributed by atoms with Crippen molar-refractivity contribution in [2.45, 2.75) is 18.6 Å². The predicted molar refractivity (Wildman–Crippen MR) is 39.0 cm³/mol. The van der Waals surface area contributed by atoms with Crippen molar-refractivity contribution < 1.29 is 91.5 Å². The van der Waals surface area contributed by atoms with Gasteiger partial charge in [-0.15, -0.1) is 0 Å². The minimum Gasteiger partial charge on any atom is -1.00 e. The monoisotopic (exact) mass is 497 g/mol. The first-order valence-corrected chi connectivity index (χ1v) is 3.67. The summed E-state index contributed by atoms with van der Waals surface area (Å²) >= 11 is 0. The third-order valence-corrected chi connectivity index (χ3v) is 2.31. The number of nitrogens with zero attached hydrogens (tertiary/aromatic N) is 1. The van der Waals surface area contributed by atoms with Gasteiger partial charge < -0.3 is 64.3 Å². The second-order valence-corrected chi connectivity index (χ2v) is 3.70. The van der Waals surface area contributed by atoms with Crippen molar-refractivity contribution in [1.82, 2.24) is 0 Å². The van der Waals surface area contributed by atoms with E-state index in [0.717, 1.165) is 0 Å². The van der Waals surface area contributed by atoms with E-state index in [4.69, 9.17) is 5.11 Å². The number of hydrogen-bond donors (Lipinski definition) is 2. The molecule has 0 saturated carbocycles. The maximum absolute atomic E-state index is 10.6. The van der Waals surface area contributed by atoms with E-state index in [2.05, 4.69) is 0 Å². The number of aliphatic hydroxyl groups is 1. The van der Waals surface area contributed by atoms with Crippen molar-refractivity contribution in [2.75, 3.05) is 20.6 Å². The van der Waals surface area contributed by atoms with E-state index in [-0.39, 0.29) is 72.0 Å². The SMILES string of the molecule is C[N+]1(C)C[C@H](O)C[C@H]1C(=O)O.[Au+3].[Cl-].[Cl-].[Cl-].[Cl-]. The molecule has 1 fully saturated rings. The molecule has 0 amide bonds. The van der Waals surface area contributed by atoms with Crippen molar-refractivity contribution in [3.63, 3.8) is 0 Å². The number of quaternary nitrogens is 1. The minimum absolute atomic E-state index is 0. The molecule has 0 aromatic carbocycles. The van der Waals surface area contributed by atoms with Crippen LogP contribution in [0.4, 0.5) is 0 Å². The fourth-order valence-electron chi connectivity index (χ4n) is 1.69. The van der Waals surface area contributed by atoms with Gasteiger partial charge in [0.2, 0.25) is 0 Å². The first kappa shape index (κ1) is 30.4. The average Bonchev–Trinajstić information content (AvgIpc) is 2.04. The smallest absolute Gasteiger partial charge is 1.00 e. The molecule has 0 aromatic heterocycles. The summed E-state index contributed by atoms with van der Waals surface area (Å²) in [6.07, 6.45) is -0.0754. The molecule has 0 aliphatic carbocycles.